The molecular formula is C10H15F3N2O4. The average Bonchev–Trinajstić information content (AvgIpc) is 2.81. The Labute approximate surface area is 107 Å². The van der Waals surface area contributed by atoms with Crippen LogP contribution in [0.1, 0.15) is 12.8 Å². The Morgan fingerprint density at radius 1 is 1.37 bits per heavy atom. The molecule has 0 aliphatic carbocycles. The van der Waals surface area contributed by atoms with Crippen molar-refractivity contribution in [2.45, 2.75) is 25.1 Å². The number of methoxy groups -OCH3 is 1. The van der Waals surface area contributed by atoms with Crippen LogP contribution in [0.15, 0.2) is 0 Å². The first-order valence-electron chi connectivity index (χ1n) is 5.66. The molecule has 9 heteroatoms. The van der Waals surface area contributed by atoms with Crippen LogP contribution in [-0.2, 0) is 19.2 Å². The fourth-order valence-electron chi connectivity index (χ4n) is 1.76. The molecule has 1 aliphatic heterocycles. The molecule has 0 saturated carbocycles. The van der Waals surface area contributed by atoms with Crippen molar-refractivity contribution in [3.63, 3.8) is 0 Å². The van der Waals surface area contributed by atoms with Crippen LogP contribution < -0.4 is 5.48 Å². The largest absolute Gasteiger partial charge is 0.471 e. The lowest BCUT2D eigenvalue weighted by Crippen LogP contribution is -2.50. The minimum absolute atomic E-state index is 0.0716. The second kappa shape index (κ2) is 6.71. The number of rotatable bonds is 5. The molecule has 0 bridgehead atoms. The maximum absolute atomic E-state index is 12.3. The van der Waals surface area contributed by atoms with Crippen LogP contribution in [0.4, 0.5) is 13.2 Å². The third-order valence-corrected chi connectivity index (χ3v) is 2.62. The first kappa shape index (κ1) is 15.7. The molecule has 0 spiro atoms. The van der Waals surface area contributed by atoms with Gasteiger partial charge < -0.3 is 9.64 Å². The second-order valence-corrected chi connectivity index (χ2v) is 3.96. The zero-order valence-corrected chi connectivity index (χ0v) is 10.3. The molecule has 1 rings (SSSR count). The number of amides is 2. The van der Waals surface area contributed by atoms with E-state index in [0.29, 0.717) is 11.3 Å². The van der Waals surface area contributed by atoms with Gasteiger partial charge in [-0.2, -0.15) is 13.2 Å². The number of nitrogens with zero attached hydrogens (tertiary/aromatic N) is 1. The molecule has 1 aliphatic rings. The van der Waals surface area contributed by atoms with Gasteiger partial charge in [-0.25, -0.2) is 5.48 Å². The molecule has 110 valence electrons. The van der Waals surface area contributed by atoms with E-state index < -0.39 is 24.0 Å². The Kier molecular flexibility index (Phi) is 5.55. The Morgan fingerprint density at radius 3 is 2.63 bits per heavy atom. The van der Waals surface area contributed by atoms with E-state index in [1.807, 2.05) is 5.48 Å². The van der Waals surface area contributed by atoms with Crippen LogP contribution >= 0.6 is 0 Å². The van der Waals surface area contributed by atoms with E-state index in [2.05, 4.69) is 4.74 Å². The number of alkyl halides is 3. The summed E-state index contributed by atoms with van der Waals surface area (Å²) in [6.45, 7) is 0.215. The molecule has 1 atom stereocenters. The number of likely N-dealkylation sites (tertiary alicyclic amines) is 1. The van der Waals surface area contributed by atoms with Gasteiger partial charge in [-0.3, -0.25) is 14.4 Å². The summed E-state index contributed by atoms with van der Waals surface area (Å²) >= 11 is 0. The molecule has 1 unspecified atom stereocenters. The summed E-state index contributed by atoms with van der Waals surface area (Å²) in [6, 6.07) is -1.14. The lowest BCUT2D eigenvalue weighted by molar-refractivity contribution is -0.187. The first-order chi connectivity index (χ1) is 8.88. The predicted octanol–water partition coefficient (Wildman–Crippen LogP) is 0.234. The third-order valence-electron chi connectivity index (χ3n) is 2.62. The molecule has 1 saturated heterocycles. The quantitative estimate of drug-likeness (QED) is 0.580. The van der Waals surface area contributed by atoms with Crippen LogP contribution in [-0.4, -0.2) is 55.8 Å². The number of hydrogen-bond donors (Lipinski definition) is 1. The highest BCUT2D eigenvalue weighted by atomic mass is 19.4. The fourth-order valence-corrected chi connectivity index (χ4v) is 1.76. The topological polar surface area (TPSA) is 67.9 Å². The number of halogens is 3. The summed E-state index contributed by atoms with van der Waals surface area (Å²) in [6.07, 6.45) is -4.45. The van der Waals surface area contributed by atoms with Gasteiger partial charge in [-0.05, 0) is 12.8 Å². The van der Waals surface area contributed by atoms with E-state index in [1.165, 1.54) is 7.11 Å². The summed E-state index contributed by atoms with van der Waals surface area (Å²) in [5.74, 6) is -2.76. The van der Waals surface area contributed by atoms with Crippen molar-refractivity contribution >= 4 is 11.8 Å². The summed E-state index contributed by atoms with van der Waals surface area (Å²) < 4.78 is 41.6. The predicted molar refractivity (Wildman–Crippen MR) is 56.8 cm³/mol. The second-order valence-electron chi connectivity index (χ2n) is 3.96. The molecular weight excluding hydrogens is 269 g/mol. The van der Waals surface area contributed by atoms with E-state index >= 15 is 0 Å². The van der Waals surface area contributed by atoms with E-state index in [1.54, 1.807) is 0 Å². The molecule has 19 heavy (non-hydrogen) atoms. The van der Waals surface area contributed by atoms with Gasteiger partial charge in [0, 0.05) is 13.7 Å². The van der Waals surface area contributed by atoms with Crippen molar-refractivity contribution in [3.8, 4) is 0 Å². The molecule has 0 aromatic heterocycles. The van der Waals surface area contributed by atoms with Gasteiger partial charge in [0.15, 0.2) is 0 Å². The van der Waals surface area contributed by atoms with Crippen LogP contribution in [0.3, 0.4) is 0 Å². The SMILES string of the molecule is COCCONC(=O)C1CCCN1C(=O)C(F)(F)F. The van der Waals surface area contributed by atoms with Crippen molar-refractivity contribution in [2.75, 3.05) is 26.9 Å². The number of hydroxylamine groups is 1. The summed E-state index contributed by atoms with van der Waals surface area (Å²) in [5, 5.41) is 0. The van der Waals surface area contributed by atoms with Gasteiger partial charge in [-0.15, -0.1) is 0 Å². The summed E-state index contributed by atoms with van der Waals surface area (Å²) in [7, 11) is 1.44. The van der Waals surface area contributed by atoms with E-state index in [-0.39, 0.29) is 26.2 Å². The molecule has 1 heterocycles. The molecule has 1 N–H and O–H groups in total. The molecule has 0 radical (unpaired) electrons. The van der Waals surface area contributed by atoms with E-state index in [9.17, 15) is 22.8 Å². The van der Waals surface area contributed by atoms with Gasteiger partial charge in [0.25, 0.3) is 5.91 Å². The minimum Gasteiger partial charge on any atom is -0.382 e. The Hall–Kier alpha value is -1.35. The van der Waals surface area contributed by atoms with Crippen LogP contribution in [0.25, 0.3) is 0 Å². The first-order valence-corrected chi connectivity index (χ1v) is 5.66. The van der Waals surface area contributed by atoms with Crippen LogP contribution in [0.5, 0.6) is 0 Å². The van der Waals surface area contributed by atoms with Crippen LogP contribution in [0.2, 0.25) is 0 Å². The lowest BCUT2D eigenvalue weighted by Gasteiger charge is -2.24. The van der Waals surface area contributed by atoms with E-state index in [4.69, 9.17) is 4.84 Å². The highest BCUT2D eigenvalue weighted by Crippen LogP contribution is 2.25. The highest BCUT2D eigenvalue weighted by Gasteiger charge is 2.47. The molecule has 1 fully saturated rings. The molecule has 6 nitrogen and oxygen atoms in total. The highest BCUT2D eigenvalue weighted by molar-refractivity contribution is 5.90. The number of ether oxygens (including phenoxy) is 1. The van der Waals surface area contributed by atoms with Crippen molar-refractivity contribution in [2.24, 2.45) is 0 Å². The number of nitrogens with one attached hydrogen (secondary N) is 1. The number of carbonyl (C=O) groups is 2. The number of hydrogen-bond acceptors (Lipinski definition) is 4. The van der Waals surface area contributed by atoms with Crippen LogP contribution in [0, 0.1) is 0 Å². The van der Waals surface area contributed by atoms with Gasteiger partial charge in [0.1, 0.15) is 6.04 Å². The van der Waals surface area contributed by atoms with Crippen molar-refractivity contribution in [3.05, 3.63) is 0 Å². The third kappa shape index (κ3) is 4.35. The summed E-state index contributed by atoms with van der Waals surface area (Å²) in [5.41, 5.74) is 2.02. The van der Waals surface area contributed by atoms with Crippen molar-refractivity contribution in [1.82, 2.24) is 10.4 Å². The fraction of sp³-hybridized carbons (Fsp3) is 0.800. The standard InChI is InChI=1S/C10H15F3N2O4/c1-18-5-6-19-14-8(16)7-3-2-4-15(7)9(17)10(11,12)13/h7H,2-6H2,1H3,(H,14,16). The zero-order valence-electron chi connectivity index (χ0n) is 10.3. The lowest BCUT2D eigenvalue weighted by atomic mass is 10.2. The molecule has 0 aromatic rings. The van der Waals surface area contributed by atoms with E-state index in [0.717, 1.165) is 0 Å². The zero-order chi connectivity index (χ0) is 14.5. The maximum atomic E-state index is 12.3. The normalized spacial score (nSPS) is 19.6. The molecule has 0 aromatic carbocycles. The smallest absolute Gasteiger partial charge is 0.382 e. The Morgan fingerprint density at radius 2 is 2.05 bits per heavy atom. The Balaban J connectivity index is 2.51. The van der Waals surface area contributed by atoms with Gasteiger partial charge in [-0.1, -0.05) is 0 Å². The van der Waals surface area contributed by atoms with Gasteiger partial charge in [0.2, 0.25) is 0 Å². The van der Waals surface area contributed by atoms with Gasteiger partial charge >= 0.3 is 12.1 Å². The van der Waals surface area contributed by atoms with Crippen molar-refractivity contribution in [1.29, 1.82) is 0 Å². The average molecular weight is 284 g/mol. The maximum Gasteiger partial charge on any atom is 0.471 e. The number of carbonyl (C=O) groups excluding carboxylic acids is 2. The van der Waals surface area contributed by atoms with Crippen molar-refractivity contribution < 1.29 is 32.3 Å². The van der Waals surface area contributed by atoms with Gasteiger partial charge in [0.05, 0.1) is 13.2 Å². The molecule has 2 amide bonds. The summed E-state index contributed by atoms with van der Waals surface area (Å²) in [4.78, 5) is 28.0. The monoisotopic (exact) mass is 284 g/mol. The minimum atomic E-state index is -4.97. The Bertz CT molecular complexity index is 335.